The summed E-state index contributed by atoms with van der Waals surface area (Å²) in [6.45, 7) is 0.404. The zero-order chi connectivity index (χ0) is 12.0. The number of rotatable bonds is 4. The van der Waals surface area contributed by atoms with Crippen LogP contribution in [0.5, 0.6) is 0 Å². The molecule has 84 valence electrons. The molecule has 1 aromatic carbocycles. The number of nitriles is 1. The van der Waals surface area contributed by atoms with Crippen LogP contribution in [0.2, 0.25) is 0 Å². The van der Waals surface area contributed by atoms with E-state index in [0.717, 1.165) is 5.69 Å². The van der Waals surface area contributed by atoms with Crippen LogP contribution in [0.4, 0.5) is 5.69 Å². The van der Waals surface area contributed by atoms with Gasteiger partial charge in [0.25, 0.3) is 0 Å². The minimum Gasteiger partial charge on any atom is -0.468 e. The average Bonchev–Trinajstić information content (AvgIpc) is 2.35. The highest BCUT2D eigenvalue weighted by molar-refractivity contribution is 9.10. The maximum Gasteiger partial charge on any atom is 0.321 e. The number of benzene rings is 1. The summed E-state index contributed by atoms with van der Waals surface area (Å²) in [6, 6.07) is 9.10. The number of anilines is 1. The van der Waals surface area contributed by atoms with E-state index in [1.165, 1.54) is 7.11 Å². The lowest BCUT2D eigenvalue weighted by molar-refractivity contribution is -0.139. The summed E-state index contributed by atoms with van der Waals surface area (Å²) in [5.41, 5.74) is 1.38. The number of methoxy groups -OCH3 is 1. The molecular weight excluding hydrogens is 272 g/mol. The SMILES string of the molecule is COC(=O)C(Br)CNc1cccc(C#N)c1. The van der Waals surface area contributed by atoms with Crippen LogP contribution in [-0.2, 0) is 9.53 Å². The number of nitrogens with one attached hydrogen (secondary N) is 1. The van der Waals surface area contributed by atoms with Crippen molar-refractivity contribution in [2.45, 2.75) is 4.83 Å². The van der Waals surface area contributed by atoms with Crippen molar-refractivity contribution in [1.29, 1.82) is 5.26 Å². The second-order valence-corrected chi connectivity index (χ2v) is 4.17. The minimum absolute atomic E-state index is 0.330. The van der Waals surface area contributed by atoms with Gasteiger partial charge in [-0.2, -0.15) is 5.26 Å². The Kier molecular flexibility index (Phi) is 4.80. The first-order chi connectivity index (χ1) is 7.67. The Morgan fingerprint density at radius 1 is 1.69 bits per heavy atom. The van der Waals surface area contributed by atoms with Gasteiger partial charge in [-0.15, -0.1) is 0 Å². The van der Waals surface area contributed by atoms with E-state index in [1.807, 2.05) is 12.1 Å². The summed E-state index contributed by atoms with van der Waals surface area (Å²) in [6.07, 6.45) is 0. The molecule has 1 aromatic rings. The van der Waals surface area contributed by atoms with Gasteiger partial charge in [0.15, 0.2) is 0 Å². The molecule has 0 heterocycles. The molecule has 1 atom stereocenters. The van der Waals surface area contributed by atoms with Crippen molar-refractivity contribution in [3.05, 3.63) is 29.8 Å². The van der Waals surface area contributed by atoms with Gasteiger partial charge in [-0.25, -0.2) is 0 Å². The standard InChI is InChI=1S/C11H11BrN2O2/c1-16-11(15)10(12)7-14-9-4-2-3-8(5-9)6-13/h2-5,10,14H,7H2,1H3. The average molecular weight is 283 g/mol. The van der Waals surface area contributed by atoms with Crippen molar-refractivity contribution in [1.82, 2.24) is 0 Å². The predicted octanol–water partition coefficient (Wildman–Crippen LogP) is 1.91. The molecule has 0 fully saturated rings. The molecular formula is C11H11BrN2O2. The highest BCUT2D eigenvalue weighted by Gasteiger charge is 2.14. The van der Waals surface area contributed by atoms with Gasteiger partial charge in [0.1, 0.15) is 4.83 Å². The number of nitrogens with zero attached hydrogens (tertiary/aromatic N) is 1. The van der Waals surface area contributed by atoms with E-state index in [0.29, 0.717) is 12.1 Å². The van der Waals surface area contributed by atoms with Crippen molar-refractivity contribution in [3.63, 3.8) is 0 Å². The molecule has 1 rings (SSSR count). The molecule has 0 radical (unpaired) electrons. The Bertz CT molecular complexity index is 415. The molecule has 0 aliphatic heterocycles. The van der Waals surface area contributed by atoms with E-state index in [-0.39, 0.29) is 5.97 Å². The van der Waals surface area contributed by atoms with E-state index < -0.39 is 4.83 Å². The fourth-order valence-electron chi connectivity index (χ4n) is 1.12. The van der Waals surface area contributed by atoms with Gasteiger partial charge in [-0.1, -0.05) is 22.0 Å². The Morgan fingerprint density at radius 2 is 2.44 bits per heavy atom. The summed E-state index contributed by atoms with van der Waals surface area (Å²) in [5.74, 6) is -0.330. The third-order valence-electron chi connectivity index (χ3n) is 1.93. The van der Waals surface area contributed by atoms with Crippen LogP contribution < -0.4 is 5.32 Å². The lowest BCUT2D eigenvalue weighted by atomic mass is 10.2. The number of esters is 1. The summed E-state index contributed by atoms with van der Waals surface area (Å²) in [4.78, 5) is 10.7. The molecule has 0 amide bonds. The van der Waals surface area contributed by atoms with Crippen LogP contribution in [0.3, 0.4) is 0 Å². The Morgan fingerprint density at radius 3 is 3.06 bits per heavy atom. The highest BCUT2D eigenvalue weighted by Crippen LogP contribution is 2.11. The molecule has 0 aliphatic rings. The minimum atomic E-state index is -0.400. The zero-order valence-corrected chi connectivity index (χ0v) is 10.3. The molecule has 0 saturated heterocycles. The second kappa shape index (κ2) is 6.13. The van der Waals surface area contributed by atoms with Gasteiger partial charge in [-0.05, 0) is 18.2 Å². The number of alkyl halides is 1. The van der Waals surface area contributed by atoms with E-state index in [2.05, 4.69) is 26.0 Å². The molecule has 1 unspecified atom stereocenters. The molecule has 4 nitrogen and oxygen atoms in total. The van der Waals surface area contributed by atoms with Gasteiger partial charge >= 0.3 is 5.97 Å². The monoisotopic (exact) mass is 282 g/mol. The van der Waals surface area contributed by atoms with Gasteiger partial charge in [0.05, 0.1) is 18.7 Å². The van der Waals surface area contributed by atoms with Gasteiger partial charge in [0.2, 0.25) is 0 Å². The molecule has 0 saturated carbocycles. The third-order valence-corrected chi connectivity index (χ3v) is 2.63. The Balaban J connectivity index is 2.55. The first kappa shape index (κ1) is 12.5. The third kappa shape index (κ3) is 3.55. The summed E-state index contributed by atoms with van der Waals surface area (Å²) < 4.78 is 4.57. The molecule has 16 heavy (non-hydrogen) atoms. The number of carbonyl (C=O) groups is 1. The fraction of sp³-hybridized carbons (Fsp3) is 0.273. The van der Waals surface area contributed by atoms with Crippen LogP contribution in [0.15, 0.2) is 24.3 Å². The smallest absolute Gasteiger partial charge is 0.321 e. The van der Waals surface area contributed by atoms with Crippen molar-refractivity contribution < 1.29 is 9.53 Å². The van der Waals surface area contributed by atoms with Crippen LogP contribution >= 0.6 is 15.9 Å². The summed E-state index contributed by atoms with van der Waals surface area (Å²) in [5, 5.41) is 11.7. The lowest BCUT2D eigenvalue weighted by Crippen LogP contribution is -2.24. The Labute approximate surface area is 102 Å². The molecule has 0 bridgehead atoms. The quantitative estimate of drug-likeness (QED) is 0.677. The first-order valence-electron chi connectivity index (χ1n) is 4.63. The lowest BCUT2D eigenvalue weighted by Gasteiger charge is -2.10. The van der Waals surface area contributed by atoms with E-state index in [4.69, 9.17) is 5.26 Å². The summed E-state index contributed by atoms with van der Waals surface area (Å²) in [7, 11) is 1.34. The van der Waals surface area contributed by atoms with Gasteiger partial charge in [0, 0.05) is 12.2 Å². The van der Waals surface area contributed by atoms with Crippen molar-refractivity contribution >= 4 is 27.6 Å². The maximum absolute atomic E-state index is 11.1. The molecule has 0 aromatic heterocycles. The first-order valence-corrected chi connectivity index (χ1v) is 5.55. The zero-order valence-electron chi connectivity index (χ0n) is 8.74. The highest BCUT2D eigenvalue weighted by atomic mass is 79.9. The van der Waals surface area contributed by atoms with E-state index in [1.54, 1.807) is 18.2 Å². The Hall–Kier alpha value is -1.54. The van der Waals surface area contributed by atoms with Crippen LogP contribution in [0.25, 0.3) is 0 Å². The topological polar surface area (TPSA) is 62.1 Å². The molecule has 0 spiro atoms. The van der Waals surface area contributed by atoms with E-state index in [9.17, 15) is 4.79 Å². The molecule has 1 N–H and O–H groups in total. The predicted molar refractivity (Wildman–Crippen MR) is 64.4 cm³/mol. The van der Waals surface area contributed by atoms with Crippen molar-refractivity contribution in [3.8, 4) is 6.07 Å². The molecule has 0 aliphatic carbocycles. The van der Waals surface area contributed by atoms with Gasteiger partial charge in [-0.3, -0.25) is 4.79 Å². The number of hydrogen-bond donors (Lipinski definition) is 1. The largest absolute Gasteiger partial charge is 0.468 e. The number of ether oxygens (including phenoxy) is 1. The van der Waals surface area contributed by atoms with E-state index >= 15 is 0 Å². The van der Waals surface area contributed by atoms with Crippen LogP contribution in [0, 0.1) is 11.3 Å². The second-order valence-electron chi connectivity index (χ2n) is 3.06. The molecule has 5 heteroatoms. The van der Waals surface area contributed by atoms with Crippen molar-refractivity contribution in [2.75, 3.05) is 19.0 Å². The van der Waals surface area contributed by atoms with Crippen LogP contribution in [0.1, 0.15) is 5.56 Å². The summed E-state index contributed by atoms with van der Waals surface area (Å²) >= 11 is 3.19. The van der Waals surface area contributed by atoms with Crippen LogP contribution in [-0.4, -0.2) is 24.5 Å². The maximum atomic E-state index is 11.1. The normalized spacial score (nSPS) is 11.3. The fourth-order valence-corrected chi connectivity index (χ4v) is 1.47. The number of carbonyl (C=O) groups excluding carboxylic acids is 1. The number of halogens is 1. The van der Waals surface area contributed by atoms with Gasteiger partial charge < -0.3 is 10.1 Å². The number of hydrogen-bond acceptors (Lipinski definition) is 4. The van der Waals surface area contributed by atoms with Crippen molar-refractivity contribution in [2.24, 2.45) is 0 Å².